The van der Waals surface area contributed by atoms with Crippen molar-refractivity contribution in [1.82, 2.24) is 10.6 Å². The van der Waals surface area contributed by atoms with E-state index in [1.165, 1.54) is 45.2 Å². The van der Waals surface area contributed by atoms with E-state index < -0.39 is 35.9 Å². The number of amides is 3. The van der Waals surface area contributed by atoms with Gasteiger partial charge in [-0.1, -0.05) is 0 Å². The van der Waals surface area contributed by atoms with Crippen molar-refractivity contribution in [2.24, 2.45) is 0 Å². The molecule has 0 heterocycles. The first-order chi connectivity index (χ1) is 10.3. The second-order valence-corrected chi connectivity index (χ2v) is 4.36. The van der Waals surface area contributed by atoms with Gasteiger partial charge in [-0.15, -0.1) is 0 Å². The van der Waals surface area contributed by atoms with Crippen LogP contribution in [0.3, 0.4) is 0 Å². The maximum atomic E-state index is 12.8. The van der Waals surface area contributed by atoms with Crippen molar-refractivity contribution in [1.29, 1.82) is 0 Å². The molecule has 1 aromatic rings. The summed E-state index contributed by atoms with van der Waals surface area (Å²) < 4.78 is 22.9. The summed E-state index contributed by atoms with van der Waals surface area (Å²) in [5, 5.41) is 4.18. The first-order valence-corrected chi connectivity index (χ1v) is 6.48. The summed E-state index contributed by atoms with van der Waals surface area (Å²) in [6.07, 6.45) is -2.16. The SMILES string of the molecule is CNC(=O)NC(=O)[C@H](C)OC(=O)[C@@H](C)Oc1ccc(F)cc1. The molecule has 0 unspecified atom stereocenters. The van der Waals surface area contributed by atoms with E-state index >= 15 is 0 Å². The number of imide groups is 1. The first kappa shape index (κ1) is 17.4. The second-order valence-electron chi connectivity index (χ2n) is 4.36. The fraction of sp³-hybridized carbons (Fsp3) is 0.357. The fourth-order valence-corrected chi connectivity index (χ4v) is 1.36. The van der Waals surface area contributed by atoms with E-state index in [1.807, 2.05) is 5.32 Å². The molecule has 22 heavy (non-hydrogen) atoms. The zero-order valence-corrected chi connectivity index (χ0v) is 12.4. The number of halogens is 1. The normalized spacial score (nSPS) is 12.7. The minimum Gasteiger partial charge on any atom is -0.479 e. The Morgan fingerprint density at radius 1 is 1.09 bits per heavy atom. The summed E-state index contributed by atoms with van der Waals surface area (Å²) >= 11 is 0. The van der Waals surface area contributed by atoms with Crippen LogP contribution in [0.1, 0.15) is 13.8 Å². The smallest absolute Gasteiger partial charge is 0.347 e. The molecule has 120 valence electrons. The van der Waals surface area contributed by atoms with Crippen molar-refractivity contribution in [3.8, 4) is 5.75 Å². The number of benzene rings is 1. The van der Waals surface area contributed by atoms with Gasteiger partial charge in [0, 0.05) is 7.05 Å². The predicted octanol–water partition coefficient (Wildman–Crippen LogP) is 0.980. The summed E-state index contributed by atoms with van der Waals surface area (Å²) in [7, 11) is 1.35. The van der Waals surface area contributed by atoms with Crippen LogP contribution in [0.5, 0.6) is 5.75 Å². The third-order valence-corrected chi connectivity index (χ3v) is 2.58. The fourth-order valence-electron chi connectivity index (χ4n) is 1.36. The zero-order chi connectivity index (χ0) is 16.7. The van der Waals surface area contributed by atoms with Gasteiger partial charge in [0.05, 0.1) is 0 Å². The molecule has 0 aromatic heterocycles. The third kappa shape index (κ3) is 5.39. The van der Waals surface area contributed by atoms with Crippen LogP contribution in [0.2, 0.25) is 0 Å². The maximum Gasteiger partial charge on any atom is 0.347 e. The van der Waals surface area contributed by atoms with E-state index in [4.69, 9.17) is 9.47 Å². The van der Waals surface area contributed by atoms with Gasteiger partial charge in [-0.25, -0.2) is 14.0 Å². The van der Waals surface area contributed by atoms with E-state index in [2.05, 4.69) is 5.32 Å². The van der Waals surface area contributed by atoms with Crippen molar-refractivity contribution >= 4 is 17.9 Å². The Morgan fingerprint density at radius 3 is 2.23 bits per heavy atom. The van der Waals surface area contributed by atoms with Gasteiger partial charge in [0.2, 0.25) is 0 Å². The van der Waals surface area contributed by atoms with Gasteiger partial charge in [0.1, 0.15) is 11.6 Å². The van der Waals surface area contributed by atoms with Crippen LogP contribution in [0, 0.1) is 5.82 Å². The van der Waals surface area contributed by atoms with Crippen LogP contribution in [0.4, 0.5) is 9.18 Å². The Balaban J connectivity index is 2.51. The molecule has 0 fully saturated rings. The van der Waals surface area contributed by atoms with Crippen molar-refractivity contribution in [2.45, 2.75) is 26.1 Å². The molecule has 7 nitrogen and oxygen atoms in total. The number of carbonyl (C=O) groups is 3. The number of nitrogens with one attached hydrogen (secondary N) is 2. The average molecular weight is 312 g/mol. The van der Waals surface area contributed by atoms with Gasteiger partial charge in [-0.3, -0.25) is 10.1 Å². The Hall–Kier alpha value is -2.64. The topological polar surface area (TPSA) is 93.7 Å². The quantitative estimate of drug-likeness (QED) is 0.791. The van der Waals surface area contributed by atoms with Crippen LogP contribution in [0.15, 0.2) is 24.3 Å². The highest BCUT2D eigenvalue weighted by atomic mass is 19.1. The molecular formula is C14H17FN2O5. The maximum absolute atomic E-state index is 12.8. The summed E-state index contributed by atoms with van der Waals surface area (Å²) in [6, 6.07) is 4.39. The largest absolute Gasteiger partial charge is 0.479 e. The van der Waals surface area contributed by atoms with Crippen LogP contribution in [-0.2, 0) is 14.3 Å². The Kier molecular flexibility index (Phi) is 6.30. The van der Waals surface area contributed by atoms with E-state index in [0.29, 0.717) is 0 Å². The second kappa shape index (κ2) is 7.96. The highest BCUT2D eigenvalue weighted by molar-refractivity contribution is 5.97. The summed E-state index contributed by atoms with van der Waals surface area (Å²) in [5.41, 5.74) is 0. The number of esters is 1. The number of rotatable bonds is 5. The highest BCUT2D eigenvalue weighted by Crippen LogP contribution is 2.13. The lowest BCUT2D eigenvalue weighted by Crippen LogP contribution is -2.44. The van der Waals surface area contributed by atoms with E-state index in [1.54, 1.807) is 0 Å². The van der Waals surface area contributed by atoms with Gasteiger partial charge < -0.3 is 14.8 Å². The van der Waals surface area contributed by atoms with Crippen molar-refractivity contribution in [3.05, 3.63) is 30.1 Å². The van der Waals surface area contributed by atoms with E-state index in [-0.39, 0.29) is 5.75 Å². The van der Waals surface area contributed by atoms with Crippen LogP contribution in [-0.4, -0.2) is 37.2 Å². The van der Waals surface area contributed by atoms with Gasteiger partial charge in [0.25, 0.3) is 5.91 Å². The summed E-state index contributed by atoms with van der Waals surface area (Å²) in [4.78, 5) is 34.3. The van der Waals surface area contributed by atoms with Crippen LogP contribution in [0.25, 0.3) is 0 Å². The molecule has 2 atom stereocenters. The van der Waals surface area contributed by atoms with E-state index in [9.17, 15) is 18.8 Å². The van der Waals surface area contributed by atoms with Gasteiger partial charge in [0.15, 0.2) is 12.2 Å². The number of carbonyl (C=O) groups excluding carboxylic acids is 3. The van der Waals surface area contributed by atoms with Crippen molar-refractivity contribution in [3.63, 3.8) is 0 Å². The Labute approximate surface area is 126 Å². The number of ether oxygens (including phenoxy) is 2. The number of hydrogen-bond acceptors (Lipinski definition) is 5. The molecule has 3 amide bonds. The van der Waals surface area contributed by atoms with Crippen molar-refractivity contribution < 1.29 is 28.2 Å². The Bertz CT molecular complexity index is 547. The molecule has 0 aliphatic heterocycles. The molecule has 0 spiro atoms. The molecule has 1 aromatic carbocycles. The van der Waals surface area contributed by atoms with E-state index in [0.717, 1.165) is 0 Å². The van der Waals surface area contributed by atoms with Crippen LogP contribution < -0.4 is 15.4 Å². The summed E-state index contributed by atoms with van der Waals surface area (Å²) in [5.74, 6) is -1.69. The molecule has 0 saturated heterocycles. The lowest BCUT2D eigenvalue weighted by molar-refractivity contribution is -0.160. The monoisotopic (exact) mass is 312 g/mol. The molecule has 2 N–H and O–H groups in total. The molecule has 0 bridgehead atoms. The van der Waals surface area contributed by atoms with Gasteiger partial charge in [-0.05, 0) is 38.1 Å². The molecule has 0 aliphatic carbocycles. The molecule has 0 radical (unpaired) electrons. The lowest BCUT2D eigenvalue weighted by Gasteiger charge is -2.17. The highest BCUT2D eigenvalue weighted by Gasteiger charge is 2.24. The molecule has 0 aliphatic rings. The first-order valence-electron chi connectivity index (χ1n) is 6.48. The molecule has 0 saturated carbocycles. The standard InChI is InChI=1S/C14H17FN2O5/c1-8(12(18)17-14(20)16-3)22-13(19)9(2)21-11-6-4-10(15)5-7-11/h4-9H,1-3H3,(H2,16,17,18,20)/t8-,9+/m0/s1. The third-order valence-electron chi connectivity index (χ3n) is 2.58. The Morgan fingerprint density at radius 2 is 1.68 bits per heavy atom. The van der Waals surface area contributed by atoms with Gasteiger partial charge in [-0.2, -0.15) is 0 Å². The minimum atomic E-state index is -1.16. The summed E-state index contributed by atoms with van der Waals surface area (Å²) in [6.45, 7) is 2.75. The van der Waals surface area contributed by atoms with Crippen molar-refractivity contribution in [2.75, 3.05) is 7.05 Å². The lowest BCUT2D eigenvalue weighted by atomic mass is 10.3. The molecule has 1 rings (SSSR count). The minimum absolute atomic E-state index is 0.285. The predicted molar refractivity (Wildman–Crippen MR) is 74.6 cm³/mol. The zero-order valence-electron chi connectivity index (χ0n) is 12.4. The van der Waals surface area contributed by atoms with Gasteiger partial charge >= 0.3 is 12.0 Å². The number of urea groups is 1. The average Bonchev–Trinajstić information content (AvgIpc) is 2.49. The number of hydrogen-bond donors (Lipinski definition) is 2. The molecule has 8 heteroatoms. The van der Waals surface area contributed by atoms with Crippen LogP contribution >= 0.6 is 0 Å². The molecular weight excluding hydrogens is 295 g/mol.